The SMILES string of the molecule is COC(=O)C1(c2cccc(Sc3ccc4ccc5nncn5c4c3)c2)CCOCC1. The molecule has 7 heteroatoms. The lowest BCUT2D eigenvalue weighted by molar-refractivity contribution is -0.151. The maximum absolute atomic E-state index is 12.7. The van der Waals surface area contributed by atoms with E-state index in [1.165, 1.54) is 7.11 Å². The van der Waals surface area contributed by atoms with Crippen LogP contribution in [0.1, 0.15) is 18.4 Å². The van der Waals surface area contributed by atoms with E-state index in [0.717, 1.165) is 31.9 Å². The lowest BCUT2D eigenvalue weighted by atomic mass is 9.74. The summed E-state index contributed by atoms with van der Waals surface area (Å²) in [4.78, 5) is 14.9. The van der Waals surface area contributed by atoms with E-state index in [4.69, 9.17) is 9.47 Å². The summed E-state index contributed by atoms with van der Waals surface area (Å²) in [6.07, 6.45) is 3.00. The van der Waals surface area contributed by atoms with Crippen molar-refractivity contribution < 1.29 is 14.3 Å². The third-order valence-electron chi connectivity index (χ3n) is 5.79. The normalized spacial score (nSPS) is 16.0. The molecular weight excluding hydrogens is 398 g/mol. The zero-order valence-corrected chi connectivity index (χ0v) is 17.4. The third-order valence-corrected chi connectivity index (χ3v) is 6.77. The van der Waals surface area contributed by atoms with E-state index in [1.54, 1.807) is 18.1 Å². The molecule has 0 amide bonds. The number of fused-ring (bicyclic) bond motifs is 3. The summed E-state index contributed by atoms with van der Waals surface area (Å²) in [6.45, 7) is 1.12. The molecule has 152 valence electrons. The van der Waals surface area contributed by atoms with Crippen LogP contribution in [0, 0.1) is 0 Å². The standard InChI is InChI=1S/C23H21N3O3S/c1-28-22(27)23(9-11-29-12-10-23)17-3-2-4-18(13-17)30-19-7-5-16-6-8-21-25-24-15-26(21)20(16)14-19/h2-8,13-15H,9-12H2,1H3. The van der Waals surface area contributed by atoms with Gasteiger partial charge in [-0.25, -0.2) is 0 Å². The molecule has 1 fully saturated rings. The minimum atomic E-state index is -0.637. The van der Waals surface area contributed by atoms with Gasteiger partial charge in [-0.1, -0.05) is 30.0 Å². The maximum atomic E-state index is 12.7. The molecule has 3 heterocycles. The second-order valence-corrected chi connectivity index (χ2v) is 8.58. The van der Waals surface area contributed by atoms with Gasteiger partial charge in [0.05, 0.1) is 18.0 Å². The van der Waals surface area contributed by atoms with Crippen molar-refractivity contribution in [2.24, 2.45) is 0 Å². The van der Waals surface area contributed by atoms with E-state index < -0.39 is 5.41 Å². The Morgan fingerprint density at radius 3 is 2.73 bits per heavy atom. The fourth-order valence-corrected chi connectivity index (χ4v) is 5.07. The van der Waals surface area contributed by atoms with Crippen LogP contribution < -0.4 is 0 Å². The quantitative estimate of drug-likeness (QED) is 0.461. The van der Waals surface area contributed by atoms with Crippen molar-refractivity contribution in [3.05, 3.63) is 66.5 Å². The third kappa shape index (κ3) is 3.24. The Balaban J connectivity index is 1.50. The number of carbonyl (C=O) groups is 1. The molecule has 2 aromatic heterocycles. The summed E-state index contributed by atoms with van der Waals surface area (Å²) < 4.78 is 12.7. The first-order valence-electron chi connectivity index (χ1n) is 9.87. The number of hydrogen-bond acceptors (Lipinski definition) is 6. The predicted molar refractivity (Wildman–Crippen MR) is 115 cm³/mol. The highest BCUT2D eigenvalue weighted by Gasteiger charge is 2.42. The van der Waals surface area contributed by atoms with Crippen LogP contribution in [0.25, 0.3) is 16.6 Å². The zero-order valence-electron chi connectivity index (χ0n) is 16.6. The van der Waals surface area contributed by atoms with Crippen LogP contribution in [0.4, 0.5) is 0 Å². The van der Waals surface area contributed by atoms with E-state index in [9.17, 15) is 4.79 Å². The van der Waals surface area contributed by atoms with Crippen LogP contribution in [-0.2, 0) is 19.7 Å². The molecular formula is C23H21N3O3S. The van der Waals surface area contributed by atoms with Crippen LogP contribution in [0.5, 0.6) is 0 Å². The van der Waals surface area contributed by atoms with E-state index in [2.05, 4.69) is 46.6 Å². The van der Waals surface area contributed by atoms with Gasteiger partial charge >= 0.3 is 5.97 Å². The second-order valence-electron chi connectivity index (χ2n) is 7.43. The Labute approximate surface area is 178 Å². The summed E-state index contributed by atoms with van der Waals surface area (Å²) in [7, 11) is 1.46. The highest BCUT2D eigenvalue weighted by atomic mass is 32.2. The number of nitrogens with zero attached hydrogens (tertiary/aromatic N) is 3. The first kappa shape index (κ1) is 19.1. The molecule has 0 spiro atoms. The zero-order chi connectivity index (χ0) is 20.6. The summed E-state index contributed by atoms with van der Waals surface area (Å²) in [5, 5.41) is 9.27. The molecule has 1 aliphatic heterocycles. The molecule has 1 saturated heterocycles. The van der Waals surface area contributed by atoms with Crippen LogP contribution >= 0.6 is 11.8 Å². The minimum Gasteiger partial charge on any atom is -0.468 e. The minimum absolute atomic E-state index is 0.186. The molecule has 0 saturated carbocycles. The smallest absolute Gasteiger partial charge is 0.316 e. The van der Waals surface area contributed by atoms with Crippen LogP contribution in [-0.4, -0.2) is 40.9 Å². The fraction of sp³-hybridized carbons (Fsp3) is 0.261. The molecule has 0 unspecified atom stereocenters. The average molecular weight is 420 g/mol. The highest BCUT2D eigenvalue weighted by molar-refractivity contribution is 7.99. The monoisotopic (exact) mass is 419 g/mol. The Hall–Kier alpha value is -2.90. The van der Waals surface area contributed by atoms with E-state index in [0.29, 0.717) is 26.1 Å². The van der Waals surface area contributed by atoms with Crippen molar-refractivity contribution in [1.82, 2.24) is 14.6 Å². The Morgan fingerprint density at radius 2 is 1.90 bits per heavy atom. The van der Waals surface area contributed by atoms with Crippen LogP contribution in [0.2, 0.25) is 0 Å². The Kier molecular flexibility index (Phi) is 4.92. The van der Waals surface area contributed by atoms with Gasteiger partial charge in [-0.2, -0.15) is 0 Å². The molecule has 1 aliphatic rings. The average Bonchev–Trinajstić information content (AvgIpc) is 3.29. The summed E-state index contributed by atoms with van der Waals surface area (Å²) in [5.41, 5.74) is 2.24. The van der Waals surface area contributed by atoms with Gasteiger partial charge in [-0.05, 0) is 60.2 Å². The molecule has 0 bridgehead atoms. The van der Waals surface area contributed by atoms with E-state index >= 15 is 0 Å². The summed E-state index contributed by atoms with van der Waals surface area (Å²) >= 11 is 1.67. The number of rotatable bonds is 4. The summed E-state index contributed by atoms with van der Waals surface area (Å²) in [6, 6.07) is 18.6. The van der Waals surface area contributed by atoms with Crippen LogP contribution in [0.15, 0.2) is 70.7 Å². The van der Waals surface area contributed by atoms with Gasteiger partial charge in [0.25, 0.3) is 0 Å². The van der Waals surface area contributed by atoms with E-state index in [1.807, 2.05) is 22.6 Å². The maximum Gasteiger partial charge on any atom is 0.316 e. The highest BCUT2D eigenvalue weighted by Crippen LogP contribution is 2.39. The van der Waals surface area contributed by atoms with Crippen molar-refractivity contribution in [2.45, 2.75) is 28.0 Å². The molecule has 30 heavy (non-hydrogen) atoms. The largest absolute Gasteiger partial charge is 0.468 e. The Morgan fingerprint density at radius 1 is 1.10 bits per heavy atom. The second kappa shape index (κ2) is 7.74. The van der Waals surface area contributed by atoms with Crippen LogP contribution in [0.3, 0.4) is 0 Å². The fourth-order valence-electron chi connectivity index (χ4n) is 4.16. The van der Waals surface area contributed by atoms with Crippen molar-refractivity contribution in [3.8, 4) is 0 Å². The number of benzene rings is 2. The lowest BCUT2D eigenvalue weighted by Gasteiger charge is -2.35. The first-order valence-corrected chi connectivity index (χ1v) is 10.7. The number of methoxy groups -OCH3 is 1. The number of aromatic nitrogens is 3. The number of carbonyl (C=O) groups excluding carboxylic acids is 1. The van der Waals surface area contributed by atoms with Gasteiger partial charge in [-0.15, -0.1) is 10.2 Å². The van der Waals surface area contributed by atoms with Crippen molar-refractivity contribution >= 4 is 34.3 Å². The van der Waals surface area contributed by atoms with Gasteiger partial charge < -0.3 is 9.47 Å². The summed E-state index contributed by atoms with van der Waals surface area (Å²) in [5.74, 6) is -0.186. The molecule has 0 N–H and O–H groups in total. The van der Waals surface area contributed by atoms with Crippen molar-refractivity contribution in [1.29, 1.82) is 0 Å². The van der Waals surface area contributed by atoms with Gasteiger partial charge in [0.15, 0.2) is 5.65 Å². The van der Waals surface area contributed by atoms with Crippen molar-refractivity contribution in [2.75, 3.05) is 20.3 Å². The predicted octanol–water partition coefficient (Wildman–Crippen LogP) is 4.25. The number of hydrogen-bond donors (Lipinski definition) is 0. The Bertz CT molecular complexity index is 1230. The van der Waals surface area contributed by atoms with Gasteiger partial charge in [0.2, 0.25) is 0 Å². The van der Waals surface area contributed by atoms with Gasteiger partial charge in [-0.3, -0.25) is 9.20 Å². The molecule has 4 aromatic rings. The molecule has 0 atom stereocenters. The topological polar surface area (TPSA) is 65.7 Å². The first-order chi connectivity index (χ1) is 14.7. The molecule has 2 aromatic carbocycles. The van der Waals surface area contributed by atoms with Crippen molar-refractivity contribution in [3.63, 3.8) is 0 Å². The van der Waals surface area contributed by atoms with Gasteiger partial charge in [0.1, 0.15) is 6.33 Å². The number of pyridine rings is 1. The molecule has 0 aliphatic carbocycles. The molecule has 6 nitrogen and oxygen atoms in total. The van der Waals surface area contributed by atoms with E-state index in [-0.39, 0.29) is 5.97 Å². The lowest BCUT2D eigenvalue weighted by Crippen LogP contribution is -2.42. The number of ether oxygens (including phenoxy) is 2. The molecule has 5 rings (SSSR count). The number of esters is 1. The molecule has 0 radical (unpaired) electrons. The van der Waals surface area contributed by atoms with Gasteiger partial charge in [0, 0.05) is 23.0 Å².